The molecule has 2 fully saturated rings. The molecular weight excluding hydrogens is 232 g/mol. The second-order valence-corrected chi connectivity index (χ2v) is 7.68. The SMILES string of the molecule is CCC1CCN(C2CCC(C)(C)CC2)CCC(C)N1. The molecule has 0 radical (unpaired) electrons. The van der Waals surface area contributed by atoms with E-state index in [0.29, 0.717) is 11.5 Å². The predicted molar refractivity (Wildman–Crippen MR) is 83.5 cm³/mol. The zero-order chi connectivity index (χ0) is 13.9. The monoisotopic (exact) mass is 266 g/mol. The van der Waals surface area contributed by atoms with Crippen LogP contribution in [0, 0.1) is 5.41 Å². The van der Waals surface area contributed by atoms with Gasteiger partial charge in [-0.1, -0.05) is 20.8 Å². The van der Waals surface area contributed by atoms with Crippen molar-refractivity contribution < 1.29 is 0 Å². The van der Waals surface area contributed by atoms with Gasteiger partial charge < -0.3 is 10.2 Å². The quantitative estimate of drug-likeness (QED) is 0.817. The Balaban J connectivity index is 1.88. The van der Waals surface area contributed by atoms with Crippen molar-refractivity contribution in [1.82, 2.24) is 10.2 Å². The van der Waals surface area contributed by atoms with Crippen molar-refractivity contribution in [2.45, 2.75) is 90.8 Å². The molecule has 1 aliphatic carbocycles. The summed E-state index contributed by atoms with van der Waals surface area (Å²) >= 11 is 0. The van der Waals surface area contributed by atoms with Crippen molar-refractivity contribution in [2.24, 2.45) is 5.41 Å². The van der Waals surface area contributed by atoms with E-state index >= 15 is 0 Å². The zero-order valence-electron chi connectivity index (χ0n) is 13.5. The van der Waals surface area contributed by atoms with E-state index in [1.165, 1.54) is 58.0 Å². The molecule has 0 spiro atoms. The van der Waals surface area contributed by atoms with Gasteiger partial charge >= 0.3 is 0 Å². The molecule has 19 heavy (non-hydrogen) atoms. The minimum absolute atomic E-state index is 0.597. The fourth-order valence-electron chi connectivity index (χ4n) is 3.80. The van der Waals surface area contributed by atoms with Gasteiger partial charge in [0.1, 0.15) is 0 Å². The third-order valence-corrected chi connectivity index (χ3v) is 5.45. The number of hydrogen-bond acceptors (Lipinski definition) is 2. The van der Waals surface area contributed by atoms with Crippen molar-refractivity contribution in [3.63, 3.8) is 0 Å². The first kappa shape index (κ1) is 15.3. The number of nitrogens with one attached hydrogen (secondary N) is 1. The first-order valence-corrected chi connectivity index (χ1v) is 8.50. The van der Waals surface area contributed by atoms with Gasteiger partial charge in [0.15, 0.2) is 0 Å². The highest BCUT2D eigenvalue weighted by atomic mass is 15.2. The number of nitrogens with zero attached hydrogens (tertiary/aromatic N) is 1. The normalized spacial score (nSPS) is 34.7. The van der Waals surface area contributed by atoms with Crippen LogP contribution < -0.4 is 5.32 Å². The lowest BCUT2D eigenvalue weighted by atomic mass is 9.75. The summed E-state index contributed by atoms with van der Waals surface area (Å²) in [6, 6.07) is 2.29. The van der Waals surface area contributed by atoms with E-state index in [1.807, 2.05) is 0 Å². The Morgan fingerprint density at radius 1 is 1.05 bits per heavy atom. The standard InChI is InChI=1S/C17H34N2/c1-5-15-9-13-19(12-8-14(2)18-15)16-6-10-17(3,4)11-7-16/h14-16,18H,5-13H2,1-4H3. The van der Waals surface area contributed by atoms with Crippen LogP contribution in [0.3, 0.4) is 0 Å². The van der Waals surface area contributed by atoms with Gasteiger partial charge in [0.05, 0.1) is 0 Å². The lowest BCUT2D eigenvalue weighted by molar-refractivity contribution is 0.0915. The molecule has 0 aromatic rings. The van der Waals surface area contributed by atoms with Crippen molar-refractivity contribution in [3.05, 3.63) is 0 Å². The molecule has 0 aromatic carbocycles. The molecule has 1 heterocycles. The molecule has 1 saturated carbocycles. The van der Waals surface area contributed by atoms with Crippen LogP contribution in [0.15, 0.2) is 0 Å². The van der Waals surface area contributed by atoms with Crippen molar-refractivity contribution >= 4 is 0 Å². The molecule has 0 bridgehead atoms. The third kappa shape index (κ3) is 4.46. The van der Waals surface area contributed by atoms with E-state index in [0.717, 1.165) is 12.1 Å². The summed E-state index contributed by atoms with van der Waals surface area (Å²) in [7, 11) is 0. The molecule has 2 rings (SSSR count). The van der Waals surface area contributed by atoms with Gasteiger partial charge in [-0.3, -0.25) is 0 Å². The van der Waals surface area contributed by atoms with Crippen LogP contribution in [-0.4, -0.2) is 36.1 Å². The molecule has 1 aliphatic heterocycles. The summed E-state index contributed by atoms with van der Waals surface area (Å²) in [6.07, 6.45) is 9.60. The zero-order valence-corrected chi connectivity index (χ0v) is 13.5. The van der Waals surface area contributed by atoms with Crippen LogP contribution in [0.2, 0.25) is 0 Å². The largest absolute Gasteiger partial charge is 0.311 e. The highest BCUT2D eigenvalue weighted by Gasteiger charge is 2.30. The Labute approximate surface area is 120 Å². The highest BCUT2D eigenvalue weighted by Crippen LogP contribution is 2.37. The van der Waals surface area contributed by atoms with Gasteiger partial charge in [0, 0.05) is 18.1 Å². The van der Waals surface area contributed by atoms with Gasteiger partial charge in [-0.2, -0.15) is 0 Å². The summed E-state index contributed by atoms with van der Waals surface area (Å²) in [5, 5.41) is 3.78. The summed E-state index contributed by atoms with van der Waals surface area (Å²) < 4.78 is 0. The first-order valence-electron chi connectivity index (χ1n) is 8.50. The van der Waals surface area contributed by atoms with Gasteiger partial charge in [0.2, 0.25) is 0 Å². The van der Waals surface area contributed by atoms with Crippen molar-refractivity contribution in [2.75, 3.05) is 13.1 Å². The van der Waals surface area contributed by atoms with Gasteiger partial charge in [-0.25, -0.2) is 0 Å². The summed E-state index contributed by atoms with van der Waals surface area (Å²) in [5.74, 6) is 0. The fourth-order valence-corrected chi connectivity index (χ4v) is 3.80. The van der Waals surface area contributed by atoms with E-state index in [9.17, 15) is 0 Å². The summed E-state index contributed by atoms with van der Waals surface area (Å²) in [5.41, 5.74) is 0.597. The molecular formula is C17H34N2. The molecule has 0 amide bonds. The van der Waals surface area contributed by atoms with Gasteiger partial charge in [-0.15, -0.1) is 0 Å². The molecule has 1 N–H and O–H groups in total. The highest BCUT2D eigenvalue weighted by molar-refractivity contribution is 4.86. The minimum Gasteiger partial charge on any atom is -0.311 e. The van der Waals surface area contributed by atoms with E-state index < -0.39 is 0 Å². The topological polar surface area (TPSA) is 15.3 Å². The smallest absolute Gasteiger partial charge is 0.00956 e. The van der Waals surface area contributed by atoms with Crippen LogP contribution in [-0.2, 0) is 0 Å². The van der Waals surface area contributed by atoms with Crippen LogP contribution in [0.25, 0.3) is 0 Å². The Morgan fingerprint density at radius 2 is 1.68 bits per heavy atom. The van der Waals surface area contributed by atoms with Crippen molar-refractivity contribution in [1.29, 1.82) is 0 Å². The summed E-state index contributed by atoms with van der Waals surface area (Å²) in [6.45, 7) is 12.2. The average molecular weight is 266 g/mol. The molecule has 1 saturated heterocycles. The Kier molecular flexibility index (Phi) is 5.30. The van der Waals surface area contributed by atoms with Gasteiger partial charge in [0.25, 0.3) is 0 Å². The van der Waals surface area contributed by atoms with Crippen molar-refractivity contribution in [3.8, 4) is 0 Å². The lowest BCUT2D eigenvalue weighted by Gasteiger charge is -2.42. The van der Waals surface area contributed by atoms with Crippen LogP contribution in [0.5, 0.6) is 0 Å². The van der Waals surface area contributed by atoms with Crippen LogP contribution >= 0.6 is 0 Å². The minimum atomic E-state index is 0.597. The van der Waals surface area contributed by atoms with Crippen LogP contribution in [0.4, 0.5) is 0 Å². The van der Waals surface area contributed by atoms with E-state index in [1.54, 1.807) is 0 Å². The summed E-state index contributed by atoms with van der Waals surface area (Å²) in [4.78, 5) is 2.81. The van der Waals surface area contributed by atoms with E-state index in [4.69, 9.17) is 0 Å². The maximum Gasteiger partial charge on any atom is 0.00956 e. The van der Waals surface area contributed by atoms with Crippen LogP contribution in [0.1, 0.15) is 72.6 Å². The van der Waals surface area contributed by atoms with E-state index in [-0.39, 0.29) is 0 Å². The Hall–Kier alpha value is -0.0800. The Morgan fingerprint density at radius 3 is 2.32 bits per heavy atom. The molecule has 2 nitrogen and oxygen atoms in total. The molecule has 0 aromatic heterocycles. The number of hydrogen-bond donors (Lipinski definition) is 1. The number of rotatable bonds is 2. The lowest BCUT2D eigenvalue weighted by Crippen LogP contribution is -2.48. The molecule has 2 aliphatic rings. The van der Waals surface area contributed by atoms with E-state index in [2.05, 4.69) is 37.9 Å². The fraction of sp³-hybridized carbons (Fsp3) is 1.00. The molecule has 112 valence electrons. The predicted octanol–water partition coefficient (Wildman–Crippen LogP) is 3.81. The third-order valence-electron chi connectivity index (χ3n) is 5.45. The second-order valence-electron chi connectivity index (χ2n) is 7.68. The molecule has 2 heteroatoms. The maximum absolute atomic E-state index is 3.78. The molecule has 2 atom stereocenters. The average Bonchev–Trinajstić information content (AvgIpc) is 2.35. The first-order chi connectivity index (χ1) is 9.00. The second kappa shape index (κ2) is 6.58. The Bertz CT molecular complexity index is 264. The molecule has 2 unspecified atom stereocenters. The maximum atomic E-state index is 3.78. The van der Waals surface area contributed by atoms with Gasteiger partial charge in [-0.05, 0) is 70.4 Å².